The number of hydrogen-bond donors (Lipinski definition) is 1. The van der Waals surface area contributed by atoms with Crippen LogP contribution in [0.3, 0.4) is 0 Å². The number of nitrogens with zero attached hydrogens (tertiary/aromatic N) is 1. The van der Waals surface area contributed by atoms with Crippen molar-refractivity contribution in [3.8, 4) is 0 Å². The fraction of sp³-hybridized carbons (Fsp3) is 0.143. The molecule has 0 atom stereocenters. The van der Waals surface area contributed by atoms with E-state index >= 15 is 0 Å². The highest BCUT2D eigenvalue weighted by Gasteiger charge is 2.10. The molecule has 0 radical (unpaired) electrons. The first kappa shape index (κ1) is 13.7. The lowest BCUT2D eigenvalue weighted by Gasteiger charge is -2.06. The molecule has 1 heterocycles. The molecule has 4 nitrogen and oxygen atoms in total. The predicted octanol–water partition coefficient (Wildman–Crippen LogP) is 3.26. The second-order valence-electron chi connectivity index (χ2n) is 3.92. The summed E-state index contributed by atoms with van der Waals surface area (Å²) in [5.74, 6) is -0.990. The van der Waals surface area contributed by atoms with Crippen LogP contribution in [0.15, 0.2) is 47.1 Å². The van der Waals surface area contributed by atoms with Crippen molar-refractivity contribution in [2.75, 3.05) is 0 Å². The Hall–Kier alpha value is -1.72. The van der Waals surface area contributed by atoms with Gasteiger partial charge in [0.1, 0.15) is 0 Å². The molecule has 0 amide bonds. The van der Waals surface area contributed by atoms with Gasteiger partial charge in [0.25, 0.3) is 0 Å². The van der Waals surface area contributed by atoms with E-state index in [0.717, 1.165) is 10.0 Å². The van der Waals surface area contributed by atoms with Crippen molar-refractivity contribution in [1.82, 2.24) is 4.98 Å². The van der Waals surface area contributed by atoms with Gasteiger partial charge in [-0.3, -0.25) is 4.98 Å². The minimum Gasteiger partial charge on any atom is -0.478 e. The number of carboxylic acid groups (broad SMARTS) is 1. The lowest BCUT2D eigenvalue weighted by atomic mass is 10.2. The first-order valence-corrected chi connectivity index (χ1v) is 6.45. The Balaban J connectivity index is 1.96. The summed E-state index contributed by atoms with van der Waals surface area (Å²) in [6.07, 6.45) is 1.56. The van der Waals surface area contributed by atoms with Crippen LogP contribution in [-0.2, 0) is 18.0 Å². The Morgan fingerprint density at radius 2 is 1.95 bits per heavy atom. The molecule has 1 aromatic carbocycles. The minimum absolute atomic E-state index is 0.179. The number of pyridine rings is 1. The van der Waals surface area contributed by atoms with Crippen molar-refractivity contribution in [2.45, 2.75) is 13.2 Å². The van der Waals surface area contributed by atoms with Crippen molar-refractivity contribution in [3.05, 3.63) is 63.9 Å². The molecule has 0 aliphatic heterocycles. The van der Waals surface area contributed by atoms with Gasteiger partial charge in [0.05, 0.1) is 24.5 Å². The van der Waals surface area contributed by atoms with E-state index in [9.17, 15) is 4.79 Å². The van der Waals surface area contributed by atoms with E-state index in [0.29, 0.717) is 12.3 Å². The number of aromatic nitrogens is 1. The van der Waals surface area contributed by atoms with E-state index in [4.69, 9.17) is 9.84 Å². The third-order valence-electron chi connectivity index (χ3n) is 2.54. The molecule has 1 N–H and O–H groups in total. The van der Waals surface area contributed by atoms with Crippen LogP contribution in [-0.4, -0.2) is 16.1 Å². The summed E-state index contributed by atoms with van der Waals surface area (Å²) < 4.78 is 6.50. The van der Waals surface area contributed by atoms with Crippen LogP contribution in [0.2, 0.25) is 0 Å². The lowest BCUT2D eigenvalue weighted by Crippen LogP contribution is -2.06. The molecule has 2 aromatic rings. The Morgan fingerprint density at radius 3 is 2.63 bits per heavy atom. The third kappa shape index (κ3) is 3.87. The van der Waals surface area contributed by atoms with Gasteiger partial charge in [-0.1, -0.05) is 28.1 Å². The van der Waals surface area contributed by atoms with Crippen LogP contribution in [0.5, 0.6) is 0 Å². The van der Waals surface area contributed by atoms with Gasteiger partial charge >= 0.3 is 5.97 Å². The molecule has 0 unspecified atom stereocenters. The Morgan fingerprint density at radius 1 is 1.21 bits per heavy atom. The van der Waals surface area contributed by atoms with Crippen LogP contribution in [0, 0.1) is 0 Å². The smallest absolute Gasteiger partial charge is 0.337 e. The van der Waals surface area contributed by atoms with E-state index in [-0.39, 0.29) is 12.2 Å². The number of ether oxygens (including phenoxy) is 1. The summed E-state index contributed by atoms with van der Waals surface area (Å²) in [5, 5.41) is 9.01. The number of carbonyl (C=O) groups is 1. The SMILES string of the molecule is O=C(O)c1cccnc1COCc1ccc(Br)cc1. The van der Waals surface area contributed by atoms with Crippen molar-refractivity contribution in [1.29, 1.82) is 0 Å². The minimum atomic E-state index is -0.990. The van der Waals surface area contributed by atoms with E-state index in [2.05, 4.69) is 20.9 Å². The zero-order chi connectivity index (χ0) is 13.7. The molecule has 2 rings (SSSR count). The summed E-state index contributed by atoms with van der Waals surface area (Å²) in [5.41, 5.74) is 1.64. The number of hydrogen-bond acceptors (Lipinski definition) is 3. The van der Waals surface area contributed by atoms with E-state index < -0.39 is 5.97 Å². The summed E-state index contributed by atoms with van der Waals surface area (Å²) in [6.45, 7) is 0.599. The van der Waals surface area contributed by atoms with Crippen molar-refractivity contribution in [3.63, 3.8) is 0 Å². The number of aromatic carboxylic acids is 1. The molecule has 0 saturated heterocycles. The topological polar surface area (TPSA) is 59.4 Å². The largest absolute Gasteiger partial charge is 0.478 e. The van der Waals surface area contributed by atoms with Crippen molar-refractivity contribution >= 4 is 21.9 Å². The van der Waals surface area contributed by atoms with Crippen molar-refractivity contribution < 1.29 is 14.6 Å². The molecule has 5 heteroatoms. The fourth-order valence-electron chi connectivity index (χ4n) is 1.59. The second kappa shape index (κ2) is 6.45. The van der Waals surface area contributed by atoms with Gasteiger partial charge in [0, 0.05) is 10.7 Å². The number of benzene rings is 1. The average Bonchev–Trinajstić information content (AvgIpc) is 2.41. The fourth-order valence-corrected chi connectivity index (χ4v) is 1.86. The Bertz CT molecular complexity index is 569. The van der Waals surface area contributed by atoms with Gasteiger partial charge in [-0.25, -0.2) is 4.79 Å². The van der Waals surface area contributed by atoms with Gasteiger partial charge in [0.2, 0.25) is 0 Å². The normalized spacial score (nSPS) is 10.4. The molecule has 0 fully saturated rings. The number of carboxylic acids is 1. The molecule has 0 bridgehead atoms. The predicted molar refractivity (Wildman–Crippen MR) is 73.8 cm³/mol. The van der Waals surface area contributed by atoms with Crippen LogP contribution >= 0.6 is 15.9 Å². The van der Waals surface area contributed by atoms with Crippen LogP contribution in [0.25, 0.3) is 0 Å². The molecule has 98 valence electrons. The first-order chi connectivity index (χ1) is 9.16. The van der Waals surface area contributed by atoms with Gasteiger partial charge in [-0.05, 0) is 29.8 Å². The van der Waals surface area contributed by atoms with Crippen LogP contribution in [0.4, 0.5) is 0 Å². The summed E-state index contributed by atoms with van der Waals surface area (Å²) >= 11 is 3.36. The molecule has 0 spiro atoms. The Kier molecular flexibility index (Phi) is 4.65. The highest BCUT2D eigenvalue weighted by molar-refractivity contribution is 9.10. The monoisotopic (exact) mass is 321 g/mol. The quantitative estimate of drug-likeness (QED) is 0.918. The highest BCUT2D eigenvalue weighted by atomic mass is 79.9. The zero-order valence-corrected chi connectivity index (χ0v) is 11.6. The van der Waals surface area contributed by atoms with E-state index in [1.54, 1.807) is 12.3 Å². The van der Waals surface area contributed by atoms with Crippen LogP contribution < -0.4 is 0 Å². The molecule has 19 heavy (non-hydrogen) atoms. The maximum Gasteiger partial charge on any atom is 0.337 e. The lowest BCUT2D eigenvalue weighted by molar-refractivity contribution is 0.0681. The number of halogens is 1. The van der Waals surface area contributed by atoms with Gasteiger partial charge in [0.15, 0.2) is 0 Å². The molecule has 0 aliphatic rings. The Labute approximate surface area is 119 Å². The zero-order valence-electron chi connectivity index (χ0n) is 10.0. The van der Waals surface area contributed by atoms with E-state index in [1.165, 1.54) is 6.07 Å². The number of rotatable bonds is 5. The average molecular weight is 322 g/mol. The standard InChI is InChI=1S/C14H12BrNO3/c15-11-5-3-10(4-6-11)8-19-9-13-12(14(17)18)2-1-7-16-13/h1-7H,8-9H2,(H,17,18). The maximum absolute atomic E-state index is 11.0. The van der Waals surface area contributed by atoms with E-state index in [1.807, 2.05) is 24.3 Å². The second-order valence-corrected chi connectivity index (χ2v) is 4.84. The van der Waals surface area contributed by atoms with Crippen LogP contribution in [0.1, 0.15) is 21.6 Å². The first-order valence-electron chi connectivity index (χ1n) is 5.66. The molecule has 0 aliphatic carbocycles. The molecule has 1 aromatic heterocycles. The highest BCUT2D eigenvalue weighted by Crippen LogP contribution is 2.12. The summed E-state index contributed by atoms with van der Waals surface area (Å²) in [7, 11) is 0. The summed E-state index contributed by atoms with van der Waals surface area (Å²) in [4.78, 5) is 15.0. The van der Waals surface area contributed by atoms with Gasteiger partial charge in [-0.15, -0.1) is 0 Å². The van der Waals surface area contributed by atoms with Gasteiger partial charge in [-0.2, -0.15) is 0 Å². The molecular weight excluding hydrogens is 310 g/mol. The third-order valence-corrected chi connectivity index (χ3v) is 3.07. The summed E-state index contributed by atoms with van der Waals surface area (Å²) in [6, 6.07) is 10.9. The van der Waals surface area contributed by atoms with Gasteiger partial charge < -0.3 is 9.84 Å². The molecule has 0 saturated carbocycles. The maximum atomic E-state index is 11.0. The molecular formula is C14H12BrNO3. The van der Waals surface area contributed by atoms with Crippen molar-refractivity contribution in [2.24, 2.45) is 0 Å².